The van der Waals surface area contributed by atoms with Crippen molar-refractivity contribution in [1.82, 2.24) is 5.32 Å². The first-order chi connectivity index (χ1) is 16.9. The van der Waals surface area contributed by atoms with Gasteiger partial charge in [-0.3, -0.25) is 14.4 Å². The molecule has 0 heterocycles. The first-order valence-electron chi connectivity index (χ1n) is 11.2. The Morgan fingerprint density at radius 3 is 2.14 bits per heavy atom. The van der Waals surface area contributed by atoms with Crippen LogP contribution in [0, 0.1) is 0 Å². The summed E-state index contributed by atoms with van der Waals surface area (Å²) >= 11 is 0. The van der Waals surface area contributed by atoms with E-state index < -0.39 is 18.5 Å². The molecule has 2 amide bonds. The summed E-state index contributed by atoms with van der Waals surface area (Å²) < 4.78 is 16.0. The van der Waals surface area contributed by atoms with Crippen LogP contribution in [0.3, 0.4) is 0 Å². The van der Waals surface area contributed by atoms with Crippen molar-refractivity contribution in [2.45, 2.75) is 25.8 Å². The molecule has 2 N–H and O–H groups in total. The molecule has 182 valence electrons. The molecule has 35 heavy (non-hydrogen) atoms. The average molecular weight is 477 g/mol. The van der Waals surface area contributed by atoms with E-state index >= 15 is 0 Å². The molecule has 0 radical (unpaired) electrons. The number of hydrogen-bond donors (Lipinski definition) is 2. The number of benzene rings is 3. The molecule has 0 unspecified atom stereocenters. The van der Waals surface area contributed by atoms with Crippen LogP contribution in [0.4, 0.5) is 5.69 Å². The maximum atomic E-state index is 12.2. The molecule has 1 atom stereocenters. The van der Waals surface area contributed by atoms with Gasteiger partial charge in [-0.05, 0) is 48.9 Å². The highest BCUT2D eigenvalue weighted by molar-refractivity contribution is 5.92. The van der Waals surface area contributed by atoms with Gasteiger partial charge in [0.05, 0.1) is 19.6 Å². The maximum absolute atomic E-state index is 12.2. The lowest BCUT2D eigenvalue weighted by molar-refractivity contribution is -0.149. The highest BCUT2D eigenvalue weighted by atomic mass is 16.5. The second-order valence-electron chi connectivity index (χ2n) is 7.69. The van der Waals surface area contributed by atoms with Gasteiger partial charge in [0.15, 0.2) is 18.1 Å². The zero-order valence-corrected chi connectivity index (χ0v) is 19.7. The summed E-state index contributed by atoms with van der Waals surface area (Å²) in [6.07, 6.45) is -0.206. The summed E-state index contributed by atoms with van der Waals surface area (Å²) in [5.74, 6) is 0.393. The molecule has 0 saturated carbocycles. The van der Waals surface area contributed by atoms with Crippen molar-refractivity contribution in [3.05, 3.63) is 84.4 Å². The number of methoxy groups -OCH3 is 1. The van der Waals surface area contributed by atoms with Crippen LogP contribution in [0.25, 0.3) is 0 Å². The molecule has 3 rings (SSSR count). The minimum absolute atomic E-state index is 0.0691. The molecule has 0 fully saturated rings. The number of carbonyl (C=O) groups is 3. The lowest BCUT2D eigenvalue weighted by Crippen LogP contribution is -2.31. The minimum Gasteiger partial charge on any atom is -0.493 e. The molecular formula is C27H28N2O6. The average Bonchev–Trinajstić information content (AvgIpc) is 2.88. The second kappa shape index (κ2) is 12.8. The fourth-order valence-electron chi connectivity index (χ4n) is 3.20. The molecule has 0 bridgehead atoms. The van der Waals surface area contributed by atoms with Gasteiger partial charge >= 0.3 is 5.97 Å². The minimum atomic E-state index is -0.622. The Balaban J connectivity index is 1.37. The van der Waals surface area contributed by atoms with Gasteiger partial charge < -0.3 is 24.8 Å². The number of anilines is 1. The zero-order chi connectivity index (χ0) is 25.0. The third kappa shape index (κ3) is 8.19. The van der Waals surface area contributed by atoms with Crippen LogP contribution in [0.5, 0.6) is 17.2 Å². The van der Waals surface area contributed by atoms with Crippen molar-refractivity contribution in [1.29, 1.82) is 0 Å². The van der Waals surface area contributed by atoms with E-state index in [2.05, 4.69) is 10.6 Å². The SMILES string of the molecule is COc1ccccc1Oc1ccc(NC(=O)CCC(=O)OCC(=O)N[C@H](C)c2ccccc2)cc1. The summed E-state index contributed by atoms with van der Waals surface area (Å²) in [7, 11) is 1.57. The predicted octanol–water partition coefficient (Wildman–Crippen LogP) is 4.63. The van der Waals surface area contributed by atoms with Crippen LogP contribution < -0.4 is 20.1 Å². The van der Waals surface area contributed by atoms with Crippen LogP contribution in [-0.4, -0.2) is 31.5 Å². The number of carbonyl (C=O) groups excluding carboxylic acids is 3. The van der Waals surface area contributed by atoms with Crippen LogP contribution in [0.15, 0.2) is 78.9 Å². The van der Waals surface area contributed by atoms with Crippen molar-refractivity contribution in [3.8, 4) is 17.2 Å². The predicted molar refractivity (Wildman–Crippen MR) is 131 cm³/mol. The van der Waals surface area contributed by atoms with Crippen molar-refractivity contribution in [2.24, 2.45) is 0 Å². The number of para-hydroxylation sites is 2. The Bertz CT molecular complexity index is 1130. The lowest BCUT2D eigenvalue weighted by Gasteiger charge is -2.14. The van der Waals surface area contributed by atoms with Crippen LogP contribution in [-0.2, 0) is 19.1 Å². The smallest absolute Gasteiger partial charge is 0.306 e. The molecule has 8 nitrogen and oxygen atoms in total. The van der Waals surface area contributed by atoms with Gasteiger partial charge in [0, 0.05) is 12.1 Å². The van der Waals surface area contributed by atoms with Gasteiger partial charge in [-0.1, -0.05) is 42.5 Å². The van der Waals surface area contributed by atoms with Gasteiger partial charge in [-0.15, -0.1) is 0 Å². The molecule has 0 spiro atoms. The summed E-state index contributed by atoms with van der Waals surface area (Å²) in [6.45, 7) is 1.45. The van der Waals surface area contributed by atoms with Gasteiger partial charge in [0.1, 0.15) is 5.75 Å². The largest absolute Gasteiger partial charge is 0.493 e. The van der Waals surface area contributed by atoms with Gasteiger partial charge in [-0.25, -0.2) is 0 Å². The quantitative estimate of drug-likeness (QED) is 0.391. The summed E-state index contributed by atoms with van der Waals surface area (Å²) in [5.41, 5.74) is 1.51. The fraction of sp³-hybridized carbons (Fsp3) is 0.222. The first-order valence-corrected chi connectivity index (χ1v) is 11.2. The van der Waals surface area contributed by atoms with Crippen LogP contribution >= 0.6 is 0 Å². The van der Waals surface area contributed by atoms with E-state index in [1.165, 1.54) is 0 Å². The third-order valence-corrected chi connectivity index (χ3v) is 5.03. The van der Waals surface area contributed by atoms with E-state index in [9.17, 15) is 14.4 Å². The Labute approximate surface area is 204 Å². The maximum Gasteiger partial charge on any atom is 0.306 e. The van der Waals surface area contributed by atoms with Crippen LogP contribution in [0.2, 0.25) is 0 Å². The number of rotatable bonds is 11. The Hall–Kier alpha value is -4.33. The second-order valence-corrected chi connectivity index (χ2v) is 7.69. The van der Waals surface area contributed by atoms with Gasteiger partial charge in [-0.2, -0.15) is 0 Å². The van der Waals surface area contributed by atoms with E-state index in [-0.39, 0.29) is 24.8 Å². The normalized spacial score (nSPS) is 11.1. The number of hydrogen-bond acceptors (Lipinski definition) is 6. The molecule has 8 heteroatoms. The Morgan fingerprint density at radius 2 is 1.46 bits per heavy atom. The van der Waals surface area contributed by atoms with E-state index in [4.69, 9.17) is 14.2 Å². The number of nitrogens with one attached hydrogen (secondary N) is 2. The molecule has 3 aromatic carbocycles. The number of esters is 1. The highest BCUT2D eigenvalue weighted by Gasteiger charge is 2.13. The lowest BCUT2D eigenvalue weighted by atomic mass is 10.1. The molecule has 0 aliphatic heterocycles. The molecule has 3 aromatic rings. The van der Waals surface area contributed by atoms with Crippen LogP contribution in [0.1, 0.15) is 31.4 Å². The van der Waals surface area contributed by atoms with Gasteiger partial charge in [0.25, 0.3) is 5.91 Å². The summed E-state index contributed by atoms with van der Waals surface area (Å²) in [4.78, 5) is 36.1. The van der Waals surface area contributed by atoms with Crippen molar-refractivity contribution in [3.63, 3.8) is 0 Å². The fourth-order valence-corrected chi connectivity index (χ4v) is 3.20. The van der Waals surface area contributed by atoms with E-state index in [1.54, 1.807) is 43.5 Å². The third-order valence-electron chi connectivity index (χ3n) is 5.03. The number of amides is 2. The Morgan fingerprint density at radius 1 is 0.800 bits per heavy atom. The van der Waals surface area contributed by atoms with Crippen molar-refractivity contribution in [2.75, 3.05) is 19.0 Å². The summed E-state index contributed by atoms with van der Waals surface area (Å²) in [5, 5.41) is 5.48. The standard InChI is InChI=1S/C27H28N2O6/c1-19(20-8-4-3-5-9-20)28-26(31)18-34-27(32)17-16-25(30)29-21-12-14-22(15-13-21)35-24-11-7-6-10-23(24)33-2/h3-15,19H,16-18H2,1-2H3,(H,28,31)(H,29,30)/t19-/m1/s1. The van der Waals surface area contributed by atoms with Crippen molar-refractivity contribution < 1.29 is 28.6 Å². The van der Waals surface area contributed by atoms with E-state index in [1.807, 2.05) is 49.4 Å². The monoisotopic (exact) mass is 476 g/mol. The highest BCUT2D eigenvalue weighted by Crippen LogP contribution is 2.31. The van der Waals surface area contributed by atoms with Crippen molar-refractivity contribution >= 4 is 23.5 Å². The topological polar surface area (TPSA) is 103 Å². The van der Waals surface area contributed by atoms with E-state index in [0.29, 0.717) is 22.9 Å². The molecule has 0 aliphatic rings. The summed E-state index contributed by atoms with van der Waals surface area (Å²) in [6, 6.07) is 23.3. The molecule has 0 saturated heterocycles. The number of ether oxygens (including phenoxy) is 3. The first kappa shape index (κ1) is 25.3. The molecule has 0 aliphatic carbocycles. The van der Waals surface area contributed by atoms with Gasteiger partial charge in [0.2, 0.25) is 5.91 Å². The molecule has 0 aromatic heterocycles. The zero-order valence-electron chi connectivity index (χ0n) is 19.7. The molecular weight excluding hydrogens is 448 g/mol. The Kier molecular flexibility index (Phi) is 9.24. The van der Waals surface area contributed by atoms with E-state index in [0.717, 1.165) is 5.56 Å².